The van der Waals surface area contributed by atoms with Crippen LogP contribution in [0.1, 0.15) is 34.9 Å². The van der Waals surface area contributed by atoms with Gasteiger partial charge in [0.25, 0.3) is 11.5 Å². The monoisotopic (exact) mass is 396 g/mol. The second-order valence-electron chi connectivity index (χ2n) is 6.65. The van der Waals surface area contributed by atoms with E-state index in [-0.39, 0.29) is 17.4 Å². The second kappa shape index (κ2) is 7.93. The average Bonchev–Trinajstić information content (AvgIpc) is 3.28. The van der Waals surface area contributed by atoms with Crippen LogP contribution in [0.15, 0.2) is 46.7 Å². The number of rotatable bonds is 4. The number of methoxy groups -OCH3 is 1. The zero-order valence-electron chi connectivity index (χ0n) is 15.4. The van der Waals surface area contributed by atoms with Crippen LogP contribution in [0.3, 0.4) is 0 Å². The number of thiazole rings is 1. The number of hydrogen-bond acceptors (Lipinski definition) is 6. The van der Waals surface area contributed by atoms with Crippen LogP contribution in [0.5, 0.6) is 5.75 Å². The van der Waals surface area contributed by atoms with Gasteiger partial charge in [0, 0.05) is 42.2 Å². The number of aromatic amines is 1. The fourth-order valence-electron chi connectivity index (χ4n) is 3.42. The van der Waals surface area contributed by atoms with E-state index >= 15 is 0 Å². The second-order valence-corrected chi connectivity index (χ2v) is 7.55. The first-order chi connectivity index (χ1) is 13.6. The van der Waals surface area contributed by atoms with Gasteiger partial charge in [0.1, 0.15) is 22.3 Å². The minimum atomic E-state index is -0.176. The van der Waals surface area contributed by atoms with Crippen molar-refractivity contribution >= 4 is 17.2 Å². The Balaban J connectivity index is 1.47. The SMILES string of the molecule is COc1cccc(C(=O)N2CCC(c3nc(-c4nccs4)cc(=O)[nH]3)CC2)c1. The first-order valence-electron chi connectivity index (χ1n) is 9.08. The Bertz CT molecular complexity index is 1020. The summed E-state index contributed by atoms with van der Waals surface area (Å²) < 4.78 is 5.20. The summed E-state index contributed by atoms with van der Waals surface area (Å²) in [6.45, 7) is 1.23. The van der Waals surface area contributed by atoms with Crippen molar-refractivity contribution in [1.29, 1.82) is 0 Å². The molecule has 0 radical (unpaired) electrons. The van der Waals surface area contributed by atoms with E-state index in [0.29, 0.717) is 35.9 Å². The van der Waals surface area contributed by atoms with E-state index in [9.17, 15) is 9.59 Å². The molecule has 0 aliphatic carbocycles. The molecule has 2 aromatic heterocycles. The maximum atomic E-state index is 12.8. The van der Waals surface area contributed by atoms with Crippen molar-refractivity contribution in [1.82, 2.24) is 19.9 Å². The van der Waals surface area contributed by atoms with Crippen molar-refractivity contribution < 1.29 is 9.53 Å². The van der Waals surface area contributed by atoms with Gasteiger partial charge in [-0.05, 0) is 31.0 Å². The Kier molecular flexibility index (Phi) is 5.21. The fraction of sp³-hybridized carbons (Fsp3) is 0.300. The van der Waals surface area contributed by atoms with Crippen LogP contribution in [0.4, 0.5) is 0 Å². The molecule has 4 rings (SSSR count). The molecule has 0 unspecified atom stereocenters. The van der Waals surface area contributed by atoms with Gasteiger partial charge in [-0.2, -0.15) is 0 Å². The number of nitrogens with zero attached hydrogens (tertiary/aromatic N) is 3. The number of hydrogen-bond donors (Lipinski definition) is 1. The molecule has 1 saturated heterocycles. The molecule has 144 valence electrons. The molecule has 0 atom stereocenters. The predicted molar refractivity (Wildman–Crippen MR) is 107 cm³/mol. The Morgan fingerprint density at radius 2 is 2.11 bits per heavy atom. The molecule has 1 N–H and O–H groups in total. The number of ether oxygens (including phenoxy) is 1. The summed E-state index contributed by atoms with van der Waals surface area (Å²) >= 11 is 1.46. The van der Waals surface area contributed by atoms with E-state index in [1.54, 1.807) is 25.4 Å². The number of amides is 1. The molecule has 7 nitrogen and oxygen atoms in total. The zero-order valence-corrected chi connectivity index (χ0v) is 16.2. The maximum absolute atomic E-state index is 12.8. The molecule has 1 aliphatic heterocycles. The van der Waals surface area contributed by atoms with Crippen molar-refractivity contribution in [2.45, 2.75) is 18.8 Å². The molecule has 28 heavy (non-hydrogen) atoms. The molecule has 0 saturated carbocycles. The van der Waals surface area contributed by atoms with Gasteiger partial charge >= 0.3 is 0 Å². The molecule has 0 spiro atoms. The zero-order chi connectivity index (χ0) is 19.5. The third-order valence-corrected chi connectivity index (χ3v) is 5.69. The first kappa shape index (κ1) is 18.4. The van der Waals surface area contributed by atoms with Crippen LogP contribution in [0.2, 0.25) is 0 Å². The highest BCUT2D eigenvalue weighted by Gasteiger charge is 2.26. The van der Waals surface area contributed by atoms with Crippen molar-refractivity contribution in [3.63, 3.8) is 0 Å². The molecular formula is C20H20N4O3S. The van der Waals surface area contributed by atoms with Gasteiger partial charge in [0.15, 0.2) is 0 Å². The summed E-state index contributed by atoms with van der Waals surface area (Å²) in [7, 11) is 1.59. The number of aromatic nitrogens is 3. The summed E-state index contributed by atoms with van der Waals surface area (Å²) in [6.07, 6.45) is 3.20. The number of piperidine rings is 1. The normalized spacial score (nSPS) is 14.8. The van der Waals surface area contributed by atoms with Gasteiger partial charge in [-0.25, -0.2) is 9.97 Å². The van der Waals surface area contributed by atoms with E-state index in [4.69, 9.17) is 4.74 Å². The minimum absolute atomic E-state index is 0.00432. The summed E-state index contributed by atoms with van der Waals surface area (Å²) in [5.41, 5.74) is 1.05. The summed E-state index contributed by atoms with van der Waals surface area (Å²) in [5, 5.41) is 2.60. The topological polar surface area (TPSA) is 88.2 Å². The van der Waals surface area contributed by atoms with Crippen LogP contribution in [0.25, 0.3) is 10.7 Å². The van der Waals surface area contributed by atoms with Gasteiger partial charge in [-0.3, -0.25) is 9.59 Å². The highest BCUT2D eigenvalue weighted by Crippen LogP contribution is 2.28. The molecule has 1 aliphatic rings. The lowest BCUT2D eigenvalue weighted by atomic mass is 9.95. The standard InChI is InChI=1S/C20H20N4O3S/c1-27-15-4-2-3-14(11-15)20(26)24-8-5-13(6-9-24)18-22-16(12-17(25)23-18)19-21-7-10-28-19/h2-4,7,10-13H,5-6,8-9H2,1H3,(H,22,23,25). The maximum Gasteiger partial charge on any atom is 0.253 e. The number of H-pyrrole nitrogens is 1. The van der Waals surface area contributed by atoms with Gasteiger partial charge in [-0.1, -0.05) is 6.07 Å². The van der Waals surface area contributed by atoms with E-state index in [1.165, 1.54) is 17.4 Å². The molecule has 8 heteroatoms. The quantitative estimate of drug-likeness (QED) is 0.733. The van der Waals surface area contributed by atoms with Crippen molar-refractivity contribution in [3.8, 4) is 16.5 Å². The van der Waals surface area contributed by atoms with E-state index in [1.807, 2.05) is 22.4 Å². The number of carbonyl (C=O) groups excluding carboxylic acids is 1. The Morgan fingerprint density at radius 3 is 2.82 bits per heavy atom. The van der Waals surface area contributed by atoms with Gasteiger partial charge in [0.05, 0.1) is 7.11 Å². The third kappa shape index (κ3) is 3.82. The van der Waals surface area contributed by atoms with Crippen LogP contribution < -0.4 is 10.3 Å². The van der Waals surface area contributed by atoms with Gasteiger partial charge in [-0.15, -0.1) is 11.3 Å². The van der Waals surface area contributed by atoms with Crippen molar-refractivity contribution in [2.24, 2.45) is 0 Å². The molecule has 0 bridgehead atoms. The highest BCUT2D eigenvalue weighted by molar-refractivity contribution is 7.13. The molecule has 1 aromatic carbocycles. The third-order valence-electron chi connectivity index (χ3n) is 4.90. The summed E-state index contributed by atoms with van der Waals surface area (Å²) in [5.74, 6) is 1.45. The van der Waals surface area contributed by atoms with Crippen LogP contribution >= 0.6 is 11.3 Å². The Morgan fingerprint density at radius 1 is 1.29 bits per heavy atom. The molecule has 3 heterocycles. The van der Waals surface area contributed by atoms with Crippen molar-refractivity contribution in [3.05, 3.63) is 63.7 Å². The first-order valence-corrected chi connectivity index (χ1v) is 9.96. The minimum Gasteiger partial charge on any atom is -0.497 e. The number of carbonyl (C=O) groups is 1. The smallest absolute Gasteiger partial charge is 0.253 e. The number of nitrogens with one attached hydrogen (secondary N) is 1. The molecular weight excluding hydrogens is 376 g/mol. The Hall–Kier alpha value is -3.00. The lowest BCUT2D eigenvalue weighted by molar-refractivity contribution is 0.0710. The highest BCUT2D eigenvalue weighted by atomic mass is 32.1. The Labute approximate surface area is 166 Å². The van der Waals surface area contributed by atoms with E-state index in [2.05, 4.69) is 15.0 Å². The van der Waals surface area contributed by atoms with Gasteiger partial charge in [0.2, 0.25) is 0 Å². The lowest BCUT2D eigenvalue weighted by Crippen LogP contribution is -2.38. The van der Waals surface area contributed by atoms with Crippen molar-refractivity contribution in [2.75, 3.05) is 20.2 Å². The van der Waals surface area contributed by atoms with E-state index < -0.39 is 0 Å². The number of benzene rings is 1. The lowest BCUT2D eigenvalue weighted by Gasteiger charge is -2.31. The molecule has 1 fully saturated rings. The van der Waals surface area contributed by atoms with Crippen LogP contribution in [-0.4, -0.2) is 46.0 Å². The summed E-state index contributed by atoms with van der Waals surface area (Å²) in [4.78, 5) is 38.4. The number of likely N-dealkylation sites (tertiary alicyclic amines) is 1. The molecule has 3 aromatic rings. The van der Waals surface area contributed by atoms with Gasteiger partial charge < -0.3 is 14.6 Å². The van der Waals surface area contributed by atoms with Crippen LogP contribution in [-0.2, 0) is 0 Å². The predicted octanol–water partition coefficient (Wildman–Crippen LogP) is 2.92. The fourth-order valence-corrected chi connectivity index (χ4v) is 4.02. The molecule has 1 amide bonds. The summed E-state index contributed by atoms with van der Waals surface area (Å²) in [6, 6.07) is 8.67. The van der Waals surface area contributed by atoms with E-state index in [0.717, 1.165) is 17.8 Å². The van der Waals surface area contributed by atoms with Crippen LogP contribution in [0, 0.1) is 0 Å². The average molecular weight is 396 g/mol. The largest absolute Gasteiger partial charge is 0.497 e.